The molecule has 2 heterocycles. The van der Waals surface area contributed by atoms with Crippen molar-refractivity contribution in [2.75, 3.05) is 17.7 Å². The van der Waals surface area contributed by atoms with Crippen LogP contribution in [0.5, 0.6) is 11.6 Å². The van der Waals surface area contributed by atoms with E-state index >= 15 is 0 Å². The number of rotatable bonds is 5. The van der Waals surface area contributed by atoms with Gasteiger partial charge in [0, 0.05) is 42.0 Å². The fraction of sp³-hybridized carbons (Fsp3) is 0.273. The molecule has 3 rings (SSSR count). The highest BCUT2D eigenvalue weighted by Crippen LogP contribution is 2.27. The minimum Gasteiger partial charge on any atom is -0.439 e. The molecule has 0 saturated heterocycles. The Balaban J connectivity index is 1.65. The first-order chi connectivity index (χ1) is 14.7. The van der Waals surface area contributed by atoms with E-state index in [0.717, 1.165) is 5.56 Å². The Kier molecular flexibility index (Phi) is 6.24. The molecule has 162 valence electrons. The number of hydrogen-bond donors (Lipinski definition) is 3. The lowest BCUT2D eigenvalue weighted by Crippen LogP contribution is -2.20. The molecule has 0 fully saturated rings. The van der Waals surface area contributed by atoms with E-state index in [4.69, 9.17) is 9.26 Å². The van der Waals surface area contributed by atoms with E-state index in [9.17, 15) is 9.59 Å². The molecule has 0 saturated carbocycles. The van der Waals surface area contributed by atoms with Gasteiger partial charge in [0.05, 0.1) is 0 Å². The molecule has 1 aromatic carbocycles. The van der Waals surface area contributed by atoms with E-state index in [1.807, 2.05) is 27.7 Å². The molecule has 3 N–H and O–H groups in total. The van der Waals surface area contributed by atoms with Gasteiger partial charge in [-0.3, -0.25) is 10.1 Å². The first-order valence-corrected chi connectivity index (χ1v) is 9.67. The maximum atomic E-state index is 12.3. The van der Waals surface area contributed by atoms with Crippen LogP contribution in [0.4, 0.5) is 16.3 Å². The van der Waals surface area contributed by atoms with Gasteiger partial charge in [0.1, 0.15) is 11.5 Å². The van der Waals surface area contributed by atoms with Gasteiger partial charge in [-0.05, 0) is 36.8 Å². The quantitative estimate of drug-likeness (QED) is 0.557. The minimum absolute atomic E-state index is 0.204. The number of nitrogens with one attached hydrogen (secondary N) is 3. The van der Waals surface area contributed by atoms with Crippen LogP contribution in [-0.4, -0.2) is 29.1 Å². The minimum atomic E-state index is -0.439. The lowest BCUT2D eigenvalue weighted by Gasteiger charge is -2.12. The molecule has 0 aliphatic carbocycles. The molecule has 0 atom stereocenters. The zero-order valence-electron chi connectivity index (χ0n) is 18.1. The molecule has 0 unspecified atom stereocenters. The molecule has 31 heavy (non-hydrogen) atoms. The third-order valence-electron chi connectivity index (χ3n) is 4.38. The molecule has 3 amide bonds. The highest BCUT2D eigenvalue weighted by molar-refractivity contribution is 5.99. The zero-order valence-corrected chi connectivity index (χ0v) is 18.1. The summed E-state index contributed by atoms with van der Waals surface area (Å²) in [5.74, 6) is 1.60. The van der Waals surface area contributed by atoms with Crippen molar-refractivity contribution >= 4 is 23.4 Å². The van der Waals surface area contributed by atoms with E-state index < -0.39 is 6.03 Å². The average molecular weight is 423 g/mol. The van der Waals surface area contributed by atoms with Crippen LogP contribution < -0.4 is 20.7 Å². The van der Waals surface area contributed by atoms with E-state index in [2.05, 4.69) is 26.1 Å². The lowest BCUT2D eigenvalue weighted by atomic mass is 9.93. The number of urea groups is 1. The number of nitrogens with zero attached hydrogens (tertiary/aromatic N) is 2. The van der Waals surface area contributed by atoms with E-state index in [0.29, 0.717) is 34.5 Å². The summed E-state index contributed by atoms with van der Waals surface area (Å²) >= 11 is 0. The number of ether oxygens (including phenoxy) is 1. The summed E-state index contributed by atoms with van der Waals surface area (Å²) in [6.45, 7) is 7.82. The van der Waals surface area contributed by atoms with Crippen molar-refractivity contribution in [3.8, 4) is 11.6 Å². The van der Waals surface area contributed by atoms with E-state index in [1.165, 1.54) is 6.20 Å². The van der Waals surface area contributed by atoms with Crippen LogP contribution in [0.25, 0.3) is 0 Å². The number of hydrogen-bond acceptors (Lipinski definition) is 6. The van der Waals surface area contributed by atoms with Crippen molar-refractivity contribution in [1.29, 1.82) is 0 Å². The molecule has 9 nitrogen and oxygen atoms in total. The van der Waals surface area contributed by atoms with Gasteiger partial charge in [0.2, 0.25) is 5.88 Å². The largest absolute Gasteiger partial charge is 0.439 e. The molecule has 9 heteroatoms. The first kappa shape index (κ1) is 21.8. The summed E-state index contributed by atoms with van der Waals surface area (Å²) in [5.41, 5.74) is 1.63. The zero-order chi connectivity index (χ0) is 22.6. The van der Waals surface area contributed by atoms with Crippen molar-refractivity contribution in [2.24, 2.45) is 0 Å². The number of pyridine rings is 1. The van der Waals surface area contributed by atoms with Crippen LogP contribution in [0, 0.1) is 6.92 Å². The molecule has 3 aromatic rings. The van der Waals surface area contributed by atoms with Crippen molar-refractivity contribution in [3.05, 3.63) is 59.5 Å². The van der Waals surface area contributed by atoms with Crippen LogP contribution in [0.2, 0.25) is 0 Å². The van der Waals surface area contributed by atoms with E-state index in [-0.39, 0.29) is 11.3 Å². The second kappa shape index (κ2) is 8.86. The van der Waals surface area contributed by atoms with Gasteiger partial charge in [-0.15, -0.1) is 0 Å². The Labute approximate surface area is 180 Å². The molecule has 0 radical (unpaired) electrons. The molecule has 2 aromatic heterocycles. The van der Waals surface area contributed by atoms with Gasteiger partial charge in [-0.2, -0.15) is 0 Å². The predicted molar refractivity (Wildman–Crippen MR) is 117 cm³/mol. The van der Waals surface area contributed by atoms with Crippen molar-refractivity contribution in [2.45, 2.75) is 33.1 Å². The molecule has 0 bridgehead atoms. The molecule has 0 aliphatic rings. The summed E-state index contributed by atoms with van der Waals surface area (Å²) < 4.78 is 11.0. The maximum Gasteiger partial charge on any atom is 0.324 e. The summed E-state index contributed by atoms with van der Waals surface area (Å²) in [4.78, 5) is 28.2. The average Bonchev–Trinajstić information content (AvgIpc) is 3.18. The highest BCUT2D eigenvalue weighted by atomic mass is 16.5. The lowest BCUT2D eigenvalue weighted by molar-refractivity contribution is 0.0962. The van der Waals surface area contributed by atoms with E-state index in [1.54, 1.807) is 43.4 Å². The predicted octanol–water partition coefficient (Wildman–Crippen LogP) is 4.47. The topological polar surface area (TPSA) is 118 Å². The normalized spacial score (nSPS) is 11.0. The second-order valence-corrected chi connectivity index (χ2v) is 7.95. The summed E-state index contributed by atoms with van der Waals surface area (Å²) in [5, 5.41) is 11.9. The standard InChI is InChI=1S/C22H25N5O4/c1-13-10-15(30-19-11-14(8-9-24-19)20(28)23-5)6-7-16(13)25-21(29)26-18-12-17(31-27-18)22(2,3)4/h6-12H,1-5H3,(H,23,28)(H2,25,26,27,29). The number of aromatic nitrogens is 2. The highest BCUT2D eigenvalue weighted by Gasteiger charge is 2.20. The summed E-state index contributed by atoms with van der Waals surface area (Å²) in [6, 6.07) is 9.59. The van der Waals surface area contributed by atoms with Gasteiger partial charge in [0.25, 0.3) is 5.91 Å². The van der Waals surface area contributed by atoms with Crippen LogP contribution >= 0.6 is 0 Å². The van der Waals surface area contributed by atoms with Crippen molar-refractivity contribution < 1.29 is 18.8 Å². The van der Waals surface area contributed by atoms with Gasteiger partial charge in [-0.25, -0.2) is 9.78 Å². The fourth-order valence-corrected chi connectivity index (χ4v) is 2.67. The number of carbonyl (C=O) groups is 2. The smallest absolute Gasteiger partial charge is 0.324 e. The van der Waals surface area contributed by atoms with Crippen LogP contribution in [0.15, 0.2) is 47.1 Å². The van der Waals surface area contributed by atoms with Crippen LogP contribution in [-0.2, 0) is 5.41 Å². The SMILES string of the molecule is CNC(=O)c1ccnc(Oc2ccc(NC(=O)Nc3cc(C(C)(C)C)on3)c(C)c2)c1. The van der Waals surface area contributed by atoms with Gasteiger partial charge in [0.15, 0.2) is 5.82 Å². The summed E-state index contributed by atoms with van der Waals surface area (Å²) in [6.07, 6.45) is 1.50. The van der Waals surface area contributed by atoms with Crippen LogP contribution in [0.3, 0.4) is 0 Å². The first-order valence-electron chi connectivity index (χ1n) is 9.67. The van der Waals surface area contributed by atoms with Gasteiger partial charge < -0.3 is 19.9 Å². The molecule has 0 aliphatic heterocycles. The van der Waals surface area contributed by atoms with Gasteiger partial charge >= 0.3 is 6.03 Å². The molecular formula is C22H25N5O4. The number of benzene rings is 1. The number of aryl methyl sites for hydroxylation is 1. The second-order valence-electron chi connectivity index (χ2n) is 7.95. The Hall–Kier alpha value is -3.88. The Morgan fingerprint density at radius 1 is 1.06 bits per heavy atom. The molecule has 0 spiro atoms. The fourth-order valence-electron chi connectivity index (χ4n) is 2.67. The Morgan fingerprint density at radius 2 is 1.84 bits per heavy atom. The third kappa shape index (κ3) is 5.59. The maximum absolute atomic E-state index is 12.3. The van der Waals surface area contributed by atoms with Crippen LogP contribution in [0.1, 0.15) is 42.5 Å². The van der Waals surface area contributed by atoms with Crippen molar-refractivity contribution in [1.82, 2.24) is 15.5 Å². The monoisotopic (exact) mass is 423 g/mol. The summed E-state index contributed by atoms with van der Waals surface area (Å²) in [7, 11) is 1.56. The number of anilines is 2. The number of amides is 3. The third-order valence-corrected chi connectivity index (χ3v) is 4.38. The Bertz CT molecular complexity index is 1100. The number of carbonyl (C=O) groups excluding carboxylic acids is 2. The molecular weight excluding hydrogens is 398 g/mol. The Morgan fingerprint density at radius 3 is 2.48 bits per heavy atom. The van der Waals surface area contributed by atoms with Crippen molar-refractivity contribution in [3.63, 3.8) is 0 Å². The van der Waals surface area contributed by atoms with Gasteiger partial charge in [-0.1, -0.05) is 25.9 Å².